The van der Waals surface area contributed by atoms with E-state index in [1.807, 2.05) is 115 Å². The summed E-state index contributed by atoms with van der Waals surface area (Å²) in [7, 11) is 0. The van der Waals surface area contributed by atoms with Crippen LogP contribution >= 0.6 is 0 Å². The standard InChI is InChI=1S/C40H23N3O2.Pt/c1-2-12-26(13-3-1)43(37-24-10-20-33(41-37)31-18-8-16-29-27-14-4-6-22-35(27)44-39(29)31)38-25-11-21-34(42-38)32-19-9-17-30-28-15-5-7-23-36(28)45-40(30)32;/h1-17,20-25H;/q-2;+2. The number of furan rings is 2. The van der Waals surface area contributed by atoms with Gasteiger partial charge in [-0.25, -0.2) is 0 Å². The van der Waals surface area contributed by atoms with Gasteiger partial charge >= 0.3 is 21.1 Å². The number of rotatable bonds is 5. The number of hydrogen-bond acceptors (Lipinski definition) is 5. The van der Waals surface area contributed by atoms with Gasteiger partial charge in [0.05, 0.1) is 11.2 Å². The molecule has 46 heavy (non-hydrogen) atoms. The molecule has 0 spiro atoms. The summed E-state index contributed by atoms with van der Waals surface area (Å²) in [5, 5.41) is 4.22. The molecule has 0 aliphatic rings. The fourth-order valence-corrected chi connectivity index (χ4v) is 6.09. The van der Waals surface area contributed by atoms with E-state index in [2.05, 4.69) is 41.3 Å². The average Bonchev–Trinajstić information content (AvgIpc) is 3.68. The average molecular weight is 773 g/mol. The summed E-state index contributed by atoms with van der Waals surface area (Å²) >= 11 is 0. The van der Waals surface area contributed by atoms with Gasteiger partial charge in [0, 0.05) is 16.5 Å². The Morgan fingerprint density at radius 1 is 0.457 bits per heavy atom. The second-order valence-corrected chi connectivity index (χ2v) is 10.8. The predicted molar refractivity (Wildman–Crippen MR) is 180 cm³/mol. The van der Waals surface area contributed by atoms with Crippen molar-refractivity contribution in [2.75, 3.05) is 4.90 Å². The molecule has 0 aliphatic heterocycles. The Labute approximate surface area is 279 Å². The monoisotopic (exact) mass is 772 g/mol. The Hall–Kier alpha value is -5.51. The van der Waals surface area contributed by atoms with Gasteiger partial charge in [-0.15, -0.1) is 36.4 Å². The molecule has 0 fully saturated rings. The van der Waals surface area contributed by atoms with Gasteiger partial charge in [-0.05, 0) is 47.8 Å². The van der Waals surface area contributed by atoms with Gasteiger partial charge in [-0.2, -0.15) is 0 Å². The zero-order valence-corrected chi connectivity index (χ0v) is 26.5. The van der Waals surface area contributed by atoms with Crippen LogP contribution in [0.5, 0.6) is 0 Å². The number of anilines is 3. The van der Waals surface area contributed by atoms with Gasteiger partial charge in [0.2, 0.25) is 0 Å². The molecule has 5 nitrogen and oxygen atoms in total. The van der Waals surface area contributed by atoms with E-state index in [1.54, 1.807) is 0 Å². The smallest absolute Gasteiger partial charge is 0.501 e. The zero-order valence-electron chi connectivity index (χ0n) is 24.3. The number of para-hydroxylation sites is 3. The van der Waals surface area contributed by atoms with Crippen molar-refractivity contribution in [2.24, 2.45) is 0 Å². The molecule has 4 heterocycles. The van der Waals surface area contributed by atoms with Crippen LogP contribution in [0.4, 0.5) is 17.3 Å². The Bertz CT molecular complexity index is 2360. The third kappa shape index (κ3) is 4.60. The summed E-state index contributed by atoms with van der Waals surface area (Å²) in [5.41, 5.74) is 7.29. The zero-order chi connectivity index (χ0) is 29.7. The minimum absolute atomic E-state index is 0. The largest absolute Gasteiger partial charge is 2.00 e. The number of pyridine rings is 2. The van der Waals surface area contributed by atoms with Crippen molar-refractivity contribution in [3.05, 3.63) is 152 Å². The van der Waals surface area contributed by atoms with Crippen molar-refractivity contribution in [2.45, 2.75) is 0 Å². The van der Waals surface area contributed by atoms with Crippen LogP contribution in [0, 0.1) is 12.1 Å². The van der Waals surface area contributed by atoms with Gasteiger partial charge in [0.15, 0.2) is 0 Å². The summed E-state index contributed by atoms with van der Waals surface area (Å²) in [6.07, 6.45) is 0. The van der Waals surface area contributed by atoms with E-state index < -0.39 is 0 Å². The van der Waals surface area contributed by atoms with Gasteiger partial charge in [0.25, 0.3) is 0 Å². The molecule has 0 amide bonds. The van der Waals surface area contributed by atoms with Gasteiger partial charge in [-0.3, -0.25) is 14.9 Å². The number of hydrogen-bond donors (Lipinski definition) is 0. The van der Waals surface area contributed by atoms with Crippen LogP contribution in [0.2, 0.25) is 0 Å². The number of nitrogens with zero attached hydrogens (tertiary/aromatic N) is 3. The molecule has 220 valence electrons. The molecule has 0 saturated carbocycles. The van der Waals surface area contributed by atoms with Crippen LogP contribution in [0.25, 0.3) is 66.4 Å². The minimum atomic E-state index is 0. The molecule has 9 rings (SSSR count). The summed E-state index contributed by atoms with van der Waals surface area (Å²) in [6.45, 7) is 0. The second-order valence-electron chi connectivity index (χ2n) is 10.8. The van der Waals surface area contributed by atoms with E-state index in [9.17, 15) is 0 Å². The van der Waals surface area contributed by atoms with Gasteiger partial charge in [0.1, 0.15) is 22.8 Å². The third-order valence-corrected chi connectivity index (χ3v) is 8.13. The topological polar surface area (TPSA) is 55.3 Å². The van der Waals surface area contributed by atoms with Crippen molar-refractivity contribution < 1.29 is 29.9 Å². The molecule has 0 N–H and O–H groups in total. The van der Waals surface area contributed by atoms with Crippen molar-refractivity contribution in [1.82, 2.24) is 9.97 Å². The maximum Gasteiger partial charge on any atom is 2.00 e. The summed E-state index contributed by atoms with van der Waals surface area (Å²) in [6, 6.07) is 53.0. The first kappa shape index (κ1) is 28.0. The number of fused-ring (bicyclic) bond motifs is 6. The number of benzene rings is 5. The molecule has 0 atom stereocenters. The maximum atomic E-state index is 6.32. The Balaban J connectivity index is 0.00000312. The first-order chi connectivity index (χ1) is 22.3. The van der Waals surface area contributed by atoms with E-state index in [-0.39, 0.29) is 21.1 Å². The van der Waals surface area contributed by atoms with E-state index in [4.69, 9.17) is 18.8 Å². The Morgan fingerprint density at radius 2 is 0.935 bits per heavy atom. The molecule has 0 unspecified atom stereocenters. The van der Waals surface area contributed by atoms with Crippen LogP contribution in [0.3, 0.4) is 0 Å². The van der Waals surface area contributed by atoms with E-state index in [1.165, 1.54) is 0 Å². The first-order valence-corrected chi connectivity index (χ1v) is 14.8. The van der Waals surface area contributed by atoms with Crippen molar-refractivity contribution in [1.29, 1.82) is 0 Å². The second kappa shape index (κ2) is 11.4. The predicted octanol–water partition coefficient (Wildman–Crippen LogP) is 10.7. The Kier molecular flexibility index (Phi) is 6.97. The summed E-state index contributed by atoms with van der Waals surface area (Å²) in [4.78, 5) is 12.4. The van der Waals surface area contributed by atoms with E-state index in [0.717, 1.165) is 83.7 Å². The van der Waals surface area contributed by atoms with Crippen LogP contribution in [-0.2, 0) is 21.1 Å². The minimum Gasteiger partial charge on any atom is -0.501 e. The van der Waals surface area contributed by atoms with E-state index >= 15 is 0 Å². The maximum absolute atomic E-state index is 6.32. The van der Waals surface area contributed by atoms with Crippen LogP contribution in [-0.4, -0.2) is 9.97 Å². The third-order valence-electron chi connectivity index (χ3n) is 8.13. The normalized spacial score (nSPS) is 11.3. The quantitative estimate of drug-likeness (QED) is 0.163. The molecule has 0 radical (unpaired) electrons. The van der Waals surface area contributed by atoms with Gasteiger partial charge in [-0.1, -0.05) is 101 Å². The molecule has 9 aromatic rings. The molecule has 6 heteroatoms. The molecular formula is C40H23N3O2Pt. The van der Waals surface area contributed by atoms with E-state index in [0.29, 0.717) is 0 Å². The molecule has 0 aliphatic carbocycles. The van der Waals surface area contributed by atoms with Gasteiger partial charge < -0.3 is 8.83 Å². The molecule has 0 saturated heterocycles. The molecular weight excluding hydrogens is 750 g/mol. The van der Waals surface area contributed by atoms with Crippen LogP contribution < -0.4 is 4.90 Å². The SMILES string of the molecule is [Pt+2].[c-]1ccc2c(oc3ccccc32)c1-c1cccc(N(c2ccccc2)c2cccc(-c3[c-]ccc4c3oc3ccccc34)n2)n1. The Morgan fingerprint density at radius 3 is 1.46 bits per heavy atom. The fourth-order valence-electron chi connectivity index (χ4n) is 6.09. The molecule has 0 bridgehead atoms. The molecule has 4 aromatic heterocycles. The van der Waals surface area contributed by atoms with Crippen molar-refractivity contribution in [3.8, 4) is 22.5 Å². The first-order valence-electron chi connectivity index (χ1n) is 14.8. The summed E-state index contributed by atoms with van der Waals surface area (Å²) < 4.78 is 12.6. The number of aromatic nitrogens is 2. The molecule has 5 aromatic carbocycles. The van der Waals surface area contributed by atoms with Crippen LogP contribution in [0.15, 0.2) is 148 Å². The summed E-state index contributed by atoms with van der Waals surface area (Å²) in [5.74, 6) is 1.44. The van der Waals surface area contributed by atoms with Crippen LogP contribution in [0.1, 0.15) is 0 Å². The van der Waals surface area contributed by atoms with Crippen molar-refractivity contribution in [3.63, 3.8) is 0 Å². The van der Waals surface area contributed by atoms with Crippen molar-refractivity contribution >= 4 is 61.2 Å². The fraction of sp³-hybridized carbons (Fsp3) is 0.